The average molecular weight is 419 g/mol. The lowest BCUT2D eigenvalue weighted by atomic mass is 10.1. The molecule has 0 radical (unpaired) electrons. The number of carbonyl (C=O) groups excluding carboxylic acids is 1. The summed E-state index contributed by atoms with van der Waals surface area (Å²) in [6.45, 7) is 0.362. The van der Waals surface area contributed by atoms with Crippen molar-refractivity contribution in [3.05, 3.63) is 104 Å². The molecule has 150 valence electrons. The van der Waals surface area contributed by atoms with E-state index in [2.05, 4.69) is 15.4 Å². The zero-order chi connectivity index (χ0) is 20.9. The second kappa shape index (κ2) is 8.66. The first-order valence-electron chi connectivity index (χ1n) is 9.11. The lowest BCUT2D eigenvalue weighted by molar-refractivity contribution is -0.389. The Balaban J connectivity index is 1.36. The number of anilines is 1. The fourth-order valence-corrected chi connectivity index (χ4v) is 3.73. The van der Waals surface area contributed by atoms with Crippen molar-refractivity contribution in [3.63, 3.8) is 0 Å². The van der Waals surface area contributed by atoms with Gasteiger partial charge in [-0.2, -0.15) is 4.68 Å². The molecule has 3 aromatic heterocycles. The SMILES string of the molecule is O=C(Nc1ccc(Cc2ccncc2)cc1)c1cc(Cn2ccc([N+](=O)[O-])n2)cs1. The van der Waals surface area contributed by atoms with Crippen molar-refractivity contribution in [2.24, 2.45) is 0 Å². The molecule has 0 bridgehead atoms. The summed E-state index contributed by atoms with van der Waals surface area (Å²) in [6, 6.07) is 14.8. The lowest BCUT2D eigenvalue weighted by Gasteiger charge is -2.06. The monoisotopic (exact) mass is 419 g/mol. The Bertz CT molecular complexity index is 1170. The number of pyridine rings is 1. The van der Waals surface area contributed by atoms with Crippen LogP contribution in [0.3, 0.4) is 0 Å². The van der Waals surface area contributed by atoms with E-state index in [4.69, 9.17) is 0 Å². The van der Waals surface area contributed by atoms with E-state index in [1.807, 2.05) is 41.8 Å². The molecule has 4 rings (SSSR count). The van der Waals surface area contributed by atoms with Gasteiger partial charge in [-0.05, 0) is 63.7 Å². The summed E-state index contributed by atoms with van der Waals surface area (Å²) < 4.78 is 1.48. The van der Waals surface area contributed by atoms with Crippen LogP contribution in [0.4, 0.5) is 11.5 Å². The van der Waals surface area contributed by atoms with Crippen molar-refractivity contribution in [2.45, 2.75) is 13.0 Å². The smallest absolute Gasteiger partial charge is 0.358 e. The number of hydrogen-bond donors (Lipinski definition) is 1. The quantitative estimate of drug-likeness (QED) is 0.358. The van der Waals surface area contributed by atoms with Gasteiger partial charge in [-0.3, -0.25) is 9.78 Å². The van der Waals surface area contributed by atoms with Crippen LogP contribution in [0, 0.1) is 10.1 Å². The Hall–Kier alpha value is -3.85. The van der Waals surface area contributed by atoms with Gasteiger partial charge in [0.2, 0.25) is 0 Å². The van der Waals surface area contributed by atoms with E-state index >= 15 is 0 Å². The number of rotatable bonds is 7. The second-order valence-corrected chi connectivity index (χ2v) is 7.54. The van der Waals surface area contributed by atoms with Crippen LogP contribution < -0.4 is 5.32 Å². The van der Waals surface area contributed by atoms with Crippen molar-refractivity contribution in [1.29, 1.82) is 0 Å². The highest BCUT2D eigenvalue weighted by Crippen LogP contribution is 2.19. The normalized spacial score (nSPS) is 10.7. The number of carbonyl (C=O) groups is 1. The minimum Gasteiger partial charge on any atom is -0.358 e. The fourth-order valence-electron chi connectivity index (χ4n) is 2.94. The minimum atomic E-state index is -0.536. The Labute approximate surface area is 176 Å². The van der Waals surface area contributed by atoms with Gasteiger partial charge in [0.25, 0.3) is 5.91 Å². The third-order valence-electron chi connectivity index (χ3n) is 4.41. The van der Waals surface area contributed by atoms with Crippen molar-refractivity contribution < 1.29 is 9.72 Å². The van der Waals surface area contributed by atoms with Crippen LogP contribution in [0.25, 0.3) is 0 Å². The van der Waals surface area contributed by atoms with Gasteiger partial charge < -0.3 is 15.4 Å². The van der Waals surface area contributed by atoms with Gasteiger partial charge in [0, 0.05) is 18.1 Å². The standard InChI is InChI=1S/C21H17N5O3S/c27-21(19-12-17(14-30-19)13-25-10-7-20(24-25)26(28)29)23-18-3-1-15(2-4-18)11-16-5-8-22-9-6-16/h1-10,12,14H,11,13H2,(H,23,27). The number of nitrogens with one attached hydrogen (secondary N) is 1. The fraction of sp³-hybridized carbons (Fsp3) is 0.0952. The van der Waals surface area contributed by atoms with E-state index in [-0.39, 0.29) is 11.7 Å². The Morgan fingerprint density at radius 2 is 1.80 bits per heavy atom. The molecule has 3 heterocycles. The maximum Gasteiger partial charge on any atom is 0.389 e. The van der Waals surface area contributed by atoms with Gasteiger partial charge in [0.05, 0.1) is 28.8 Å². The number of aromatic nitrogens is 3. The molecular formula is C21H17N5O3S. The van der Waals surface area contributed by atoms with Crippen molar-refractivity contribution >= 4 is 28.7 Å². The Morgan fingerprint density at radius 3 is 2.50 bits per heavy atom. The van der Waals surface area contributed by atoms with Crippen LogP contribution in [0.1, 0.15) is 26.4 Å². The average Bonchev–Trinajstić information content (AvgIpc) is 3.41. The van der Waals surface area contributed by atoms with E-state index in [1.165, 1.54) is 27.6 Å². The molecule has 0 spiro atoms. The third-order valence-corrected chi connectivity index (χ3v) is 5.38. The Morgan fingerprint density at radius 1 is 1.07 bits per heavy atom. The maximum atomic E-state index is 12.5. The van der Waals surface area contributed by atoms with Crippen molar-refractivity contribution in [2.75, 3.05) is 5.32 Å². The molecule has 0 unspecified atom stereocenters. The molecule has 9 heteroatoms. The summed E-state index contributed by atoms with van der Waals surface area (Å²) in [7, 11) is 0. The molecule has 0 saturated carbocycles. The van der Waals surface area contributed by atoms with Crippen LogP contribution in [-0.4, -0.2) is 25.6 Å². The van der Waals surface area contributed by atoms with E-state index in [9.17, 15) is 14.9 Å². The first-order valence-corrected chi connectivity index (χ1v) is 9.99. The van der Waals surface area contributed by atoms with Crippen LogP contribution in [-0.2, 0) is 13.0 Å². The van der Waals surface area contributed by atoms with Gasteiger partial charge in [-0.1, -0.05) is 12.1 Å². The van der Waals surface area contributed by atoms with E-state index in [0.29, 0.717) is 11.4 Å². The molecule has 0 aliphatic rings. The van der Waals surface area contributed by atoms with Crippen LogP contribution in [0.2, 0.25) is 0 Å². The molecule has 0 atom stereocenters. The van der Waals surface area contributed by atoms with Gasteiger partial charge in [0.1, 0.15) is 0 Å². The molecule has 0 aliphatic heterocycles. The van der Waals surface area contributed by atoms with E-state index < -0.39 is 4.92 Å². The van der Waals surface area contributed by atoms with E-state index in [0.717, 1.165) is 23.2 Å². The van der Waals surface area contributed by atoms with Crippen LogP contribution in [0.15, 0.2) is 72.5 Å². The number of nitro groups is 1. The second-order valence-electron chi connectivity index (χ2n) is 6.63. The van der Waals surface area contributed by atoms with Crippen LogP contribution in [0.5, 0.6) is 0 Å². The summed E-state index contributed by atoms with van der Waals surface area (Å²) >= 11 is 1.32. The Kier molecular flexibility index (Phi) is 5.62. The molecule has 1 aromatic carbocycles. The first kappa shape index (κ1) is 19.5. The molecule has 4 aromatic rings. The zero-order valence-electron chi connectivity index (χ0n) is 15.8. The lowest BCUT2D eigenvalue weighted by Crippen LogP contribution is -2.10. The van der Waals surface area contributed by atoms with Gasteiger partial charge in [0.15, 0.2) is 0 Å². The third kappa shape index (κ3) is 4.76. The predicted octanol–water partition coefficient (Wildman–Crippen LogP) is 4.14. The number of thiophene rings is 1. The molecule has 8 nitrogen and oxygen atoms in total. The summed E-state index contributed by atoms with van der Waals surface area (Å²) in [5.41, 5.74) is 3.90. The summed E-state index contributed by atoms with van der Waals surface area (Å²) in [5, 5.41) is 19.3. The maximum absolute atomic E-state index is 12.5. The summed E-state index contributed by atoms with van der Waals surface area (Å²) in [4.78, 5) is 27.3. The first-order chi connectivity index (χ1) is 14.6. The highest BCUT2D eigenvalue weighted by molar-refractivity contribution is 7.12. The number of hydrogen-bond acceptors (Lipinski definition) is 6. The van der Waals surface area contributed by atoms with Gasteiger partial charge in [-0.15, -0.1) is 11.3 Å². The molecule has 30 heavy (non-hydrogen) atoms. The topological polar surface area (TPSA) is 103 Å². The minimum absolute atomic E-state index is 0.195. The number of nitrogens with zero attached hydrogens (tertiary/aromatic N) is 4. The molecular weight excluding hydrogens is 402 g/mol. The van der Waals surface area contributed by atoms with Crippen molar-refractivity contribution in [1.82, 2.24) is 14.8 Å². The summed E-state index contributed by atoms with van der Waals surface area (Å²) in [5.74, 6) is -0.393. The molecule has 0 saturated heterocycles. The summed E-state index contributed by atoms with van der Waals surface area (Å²) in [6.07, 6.45) is 5.89. The number of benzene rings is 1. The zero-order valence-corrected chi connectivity index (χ0v) is 16.6. The molecule has 0 fully saturated rings. The largest absolute Gasteiger partial charge is 0.389 e. The number of amides is 1. The molecule has 1 amide bonds. The van der Waals surface area contributed by atoms with Gasteiger partial charge >= 0.3 is 5.82 Å². The molecule has 0 aliphatic carbocycles. The van der Waals surface area contributed by atoms with Crippen LogP contribution >= 0.6 is 11.3 Å². The highest BCUT2D eigenvalue weighted by Gasteiger charge is 2.14. The highest BCUT2D eigenvalue weighted by atomic mass is 32.1. The van der Waals surface area contributed by atoms with Gasteiger partial charge in [-0.25, -0.2) is 0 Å². The predicted molar refractivity (Wildman–Crippen MR) is 114 cm³/mol. The van der Waals surface area contributed by atoms with E-state index in [1.54, 1.807) is 24.7 Å². The van der Waals surface area contributed by atoms with Crippen molar-refractivity contribution in [3.8, 4) is 0 Å². The molecule has 1 N–H and O–H groups in total.